The molecule has 0 atom stereocenters. The van der Waals surface area contributed by atoms with Crippen molar-refractivity contribution in [1.29, 1.82) is 0 Å². The van der Waals surface area contributed by atoms with Gasteiger partial charge in [0.15, 0.2) is 0 Å². The van der Waals surface area contributed by atoms with Gasteiger partial charge in [0.2, 0.25) is 11.8 Å². The van der Waals surface area contributed by atoms with Crippen LogP contribution in [0, 0.1) is 5.82 Å². The Labute approximate surface area is 185 Å². The summed E-state index contributed by atoms with van der Waals surface area (Å²) < 4.78 is 19.6. The lowest BCUT2D eigenvalue weighted by atomic mass is 9.99. The van der Waals surface area contributed by atoms with Gasteiger partial charge in [0.05, 0.1) is 5.56 Å². The molecule has 4 aromatic rings. The zero-order chi connectivity index (χ0) is 22.5. The summed E-state index contributed by atoms with van der Waals surface area (Å²) in [5, 5.41) is 4.24. The number of anilines is 1. The Balaban J connectivity index is 1.70. The summed E-state index contributed by atoms with van der Waals surface area (Å²) in [6, 6.07) is 18.1. The number of benzene rings is 2. The van der Waals surface area contributed by atoms with Crippen LogP contribution in [0.3, 0.4) is 0 Å². The molecule has 1 amide bonds. The van der Waals surface area contributed by atoms with Crippen LogP contribution in [0.25, 0.3) is 22.4 Å². The third-order valence-electron chi connectivity index (χ3n) is 5.33. The molecular weight excluding hydrogens is 407 g/mol. The summed E-state index contributed by atoms with van der Waals surface area (Å²) in [7, 11) is 1.66. The summed E-state index contributed by atoms with van der Waals surface area (Å²) in [5.41, 5.74) is 9.71. The van der Waals surface area contributed by atoms with Crippen LogP contribution >= 0.6 is 0 Å². The Morgan fingerprint density at radius 2 is 1.81 bits per heavy atom. The van der Waals surface area contributed by atoms with Gasteiger partial charge in [-0.1, -0.05) is 35.5 Å². The van der Waals surface area contributed by atoms with Crippen LogP contribution in [0.4, 0.5) is 10.3 Å². The lowest BCUT2D eigenvalue weighted by molar-refractivity contribution is -0.118. The van der Waals surface area contributed by atoms with Gasteiger partial charge in [0, 0.05) is 43.5 Å². The van der Waals surface area contributed by atoms with Crippen molar-refractivity contribution in [2.24, 2.45) is 5.73 Å². The molecule has 162 valence electrons. The van der Waals surface area contributed by atoms with Crippen LogP contribution in [-0.2, 0) is 17.8 Å². The predicted molar refractivity (Wildman–Crippen MR) is 121 cm³/mol. The summed E-state index contributed by atoms with van der Waals surface area (Å²) in [6.07, 6.45) is 4.25. The van der Waals surface area contributed by atoms with Gasteiger partial charge in [-0.3, -0.25) is 14.7 Å². The number of aryl methyl sites for hydroxylation is 1. The molecule has 4 rings (SSSR count). The molecule has 0 bridgehead atoms. The number of hydrogen-bond acceptors (Lipinski definition) is 5. The second kappa shape index (κ2) is 9.53. The summed E-state index contributed by atoms with van der Waals surface area (Å²) in [4.78, 5) is 18.5. The van der Waals surface area contributed by atoms with E-state index in [0.29, 0.717) is 41.1 Å². The van der Waals surface area contributed by atoms with E-state index in [-0.39, 0.29) is 18.3 Å². The first-order valence-electron chi connectivity index (χ1n) is 10.3. The van der Waals surface area contributed by atoms with Crippen molar-refractivity contribution in [3.63, 3.8) is 0 Å². The van der Waals surface area contributed by atoms with E-state index < -0.39 is 0 Å². The molecule has 0 saturated carbocycles. The fourth-order valence-corrected chi connectivity index (χ4v) is 3.54. The molecule has 0 aliphatic heterocycles. The van der Waals surface area contributed by atoms with E-state index in [1.807, 2.05) is 42.5 Å². The zero-order valence-electron chi connectivity index (χ0n) is 17.7. The molecule has 0 radical (unpaired) electrons. The number of nitrogens with zero attached hydrogens (tertiary/aromatic N) is 3. The van der Waals surface area contributed by atoms with Crippen LogP contribution in [0.15, 0.2) is 77.6 Å². The molecule has 0 spiro atoms. The van der Waals surface area contributed by atoms with Crippen molar-refractivity contribution in [3.05, 3.63) is 90.0 Å². The van der Waals surface area contributed by atoms with Crippen molar-refractivity contribution in [1.82, 2.24) is 10.1 Å². The van der Waals surface area contributed by atoms with Crippen molar-refractivity contribution in [3.8, 4) is 22.4 Å². The lowest BCUT2D eigenvalue weighted by Gasteiger charge is -2.16. The molecule has 2 heterocycles. The molecule has 0 fully saturated rings. The topological polar surface area (TPSA) is 85.2 Å². The Hall–Kier alpha value is -3.84. The third-order valence-corrected chi connectivity index (χ3v) is 5.33. The molecule has 0 saturated heterocycles. The van der Waals surface area contributed by atoms with Gasteiger partial charge in [-0.25, -0.2) is 4.39 Å². The second-order valence-corrected chi connectivity index (χ2v) is 7.40. The van der Waals surface area contributed by atoms with Gasteiger partial charge in [0.25, 0.3) is 0 Å². The Morgan fingerprint density at radius 1 is 1.06 bits per heavy atom. The number of nitrogens with two attached hydrogens (primary N) is 1. The van der Waals surface area contributed by atoms with E-state index in [1.54, 1.807) is 31.6 Å². The molecule has 6 nitrogen and oxygen atoms in total. The first-order valence-corrected chi connectivity index (χ1v) is 10.3. The maximum Gasteiger partial charge on any atom is 0.242 e. The third kappa shape index (κ3) is 4.43. The average molecular weight is 430 g/mol. The highest BCUT2D eigenvalue weighted by Gasteiger charge is 2.25. The fraction of sp³-hybridized carbons (Fsp3) is 0.160. The fourth-order valence-electron chi connectivity index (χ4n) is 3.54. The minimum absolute atomic E-state index is 0.0623. The number of halogens is 1. The number of hydrogen-bond donors (Lipinski definition) is 1. The van der Waals surface area contributed by atoms with Gasteiger partial charge in [0.1, 0.15) is 11.5 Å². The normalized spacial score (nSPS) is 10.8. The molecule has 2 N–H and O–H groups in total. The highest BCUT2D eigenvalue weighted by Crippen LogP contribution is 2.39. The highest BCUT2D eigenvalue weighted by molar-refractivity contribution is 5.98. The number of rotatable bonds is 7. The first kappa shape index (κ1) is 21.4. The summed E-state index contributed by atoms with van der Waals surface area (Å²) in [6.45, 7) is 0.0623. The number of pyridine rings is 1. The van der Waals surface area contributed by atoms with E-state index >= 15 is 0 Å². The van der Waals surface area contributed by atoms with Crippen LogP contribution in [-0.4, -0.2) is 23.1 Å². The van der Waals surface area contributed by atoms with Crippen LogP contribution in [0.1, 0.15) is 17.5 Å². The minimum atomic E-state index is -0.376. The molecule has 7 heteroatoms. The second-order valence-electron chi connectivity index (χ2n) is 7.40. The first-order chi connectivity index (χ1) is 15.6. The molecule has 0 aliphatic rings. The van der Waals surface area contributed by atoms with Gasteiger partial charge < -0.3 is 10.3 Å². The van der Waals surface area contributed by atoms with E-state index in [9.17, 15) is 9.18 Å². The molecule has 32 heavy (non-hydrogen) atoms. The molecule has 0 aliphatic carbocycles. The average Bonchev–Trinajstić information content (AvgIpc) is 3.28. The number of amides is 1. The van der Waals surface area contributed by atoms with Gasteiger partial charge in [-0.2, -0.15) is 0 Å². The quantitative estimate of drug-likeness (QED) is 0.463. The predicted octanol–water partition coefficient (Wildman–Crippen LogP) is 4.60. The zero-order valence-corrected chi connectivity index (χ0v) is 17.7. The molecule has 0 unspecified atom stereocenters. The SMILES string of the molecule is CN(C(=O)CCc1ccccc1)c1onc(-c2ccc(F)c(CN)c2)c1-c1ccncc1. The monoisotopic (exact) mass is 430 g/mol. The Morgan fingerprint density at radius 3 is 2.53 bits per heavy atom. The smallest absolute Gasteiger partial charge is 0.242 e. The van der Waals surface area contributed by atoms with Crippen LogP contribution in [0.5, 0.6) is 0 Å². The van der Waals surface area contributed by atoms with E-state index in [0.717, 1.165) is 11.1 Å². The van der Waals surface area contributed by atoms with Crippen LogP contribution < -0.4 is 10.6 Å². The Kier molecular flexibility index (Phi) is 6.37. The van der Waals surface area contributed by atoms with Gasteiger partial charge in [-0.05, 0) is 47.9 Å². The van der Waals surface area contributed by atoms with E-state index in [2.05, 4.69) is 10.1 Å². The summed E-state index contributed by atoms with van der Waals surface area (Å²) in [5.74, 6) is -0.157. The van der Waals surface area contributed by atoms with Crippen LogP contribution in [0.2, 0.25) is 0 Å². The summed E-state index contributed by atoms with van der Waals surface area (Å²) >= 11 is 0. The van der Waals surface area contributed by atoms with Gasteiger partial charge in [-0.15, -0.1) is 0 Å². The number of aromatic nitrogens is 2. The van der Waals surface area contributed by atoms with Gasteiger partial charge >= 0.3 is 0 Å². The number of carbonyl (C=O) groups excluding carboxylic acids is 1. The largest absolute Gasteiger partial charge is 0.337 e. The maximum absolute atomic E-state index is 14.0. The number of carbonyl (C=O) groups is 1. The maximum atomic E-state index is 14.0. The van der Waals surface area contributed by atoms with E-state index in [4.69, 9.17) is 10.3 Å². The molecule has 2 aromatic carbocycles. The lowest BCUT2D eigenvalue weighted by Crippen LogP contribution is -2.26. The van der Waals surface area contributed by atoms with Crippen molar-refractivity contribution < 1.29 is 13.7 Å². The molecular formula is C25H23FN4O2. The van der Waals surface area contributed by atoms with E-state index in [1.165, 1.54) is 11.0 Å². The minimum Gasteiger partial charge on any atom is -0.337 e. The van der Waals surface area contributed by atoms with Crippen molar-refractivity contribution in [2.75, 3.05) is 11.9 Å². The van der Waals surface area contributed by atoms with Crippen molar-refractivity contribution in [2.45, 2.75) is 19.4 Å². The standard InChI is InChI=1S/C25H23FN4O2/c1-30(22(31)10-7-17-5-3-2-4-6-17)25-23(18-11-13-28-14-12-18)24(29-32-25)19-8-9-21(26)20(15-19)16-27/h2-6,8-9,11-15H,7,10,16,27H2,1H3. The highest BCUT2D eigenvalue weighted by atomic mass is 19.1. The Bertz CT molecular complexity index is 1210. The van der Waals surface area contributed by atoms with Crippen molar-refractivity contribution >= 4 is 11.8 Å². The molecule has 2 aromatic heterocycles.